The quantitative estimate of drug-likeness (QED) is 0.525. The van der Waals surface area contributed by atoms with Gasteiger partial charge in [0.15, 0.2) is 6.10 Å². The SMILES string of the molecule is CC(OC(=O)c1ccc(-n2cnnn2)cc1)C(=O)Nc1cc(C(F)(F)F)ccc1N1CCOCC1. The number of hydrogen-bond acceptors (Lipinski definition) is 8. The van der Waals surface area contributed by atoms with Crippen molar-refractivity contribution in [3.63, 3.8) is 0 Å². The zero-order chi connectivity index (χ0) is 25.0. The van der Waals surface area contributed by atoms with E-state index in [1.807, 2.05) is 4.90 Å². The normalized spacial score (nSPS) is 14.9. The number of aromatic nitrogens is 4. The summed E-state index contributed by atoms with van der Waals surface area (Å²) >= 11 is 0. The summed E-state index contributed by atoms with van der Waals surface area (Å²) in [6.07, 6.45) is -4.47. The number of rotatable bonds is 6. The molecule has 1 aliphatic heterocycles. The Balaban J connectivity index is 1.46. The zero-order valence-corrected chi connectivity index (χ0v) is 18.5. The average molecular weight is 490 g/mol. The second kappa shape index (κ2) is 10.1. The third-order valence-corrected chi connectivity index (χ3v) is 5.30. The van der Waals surface area contributed by atoms with Crippen molar-refractivity contribution in [3.05, 3.63) is 59.9 Å². The predicted molar refractivity (Wildman–Crippen MR) is 117 cm³/mol. The molecular weight excluding hydrogens is 469 g/mol. The van der Waals surface area contributed by atoms with Gasteiger partial charge in [0.2, 0.25) is 0 Å². The fourth-order valence-corrected chi connectivity index (χ4v) is 3.44. The lowest BCUT2D eigenvalue weighted by atomic mass is 10.1. The minimum absolute atomic E-state index is 0.0274. The average Bonchev–Trinajstić information content (AvgIpc) is 3.39. The van der Waals surface area contributed by atoms with E-state index in [2.05, 4.69) is 20.8 Å². The molecule has 1 atom stereocenters. The Morgan fingerprint density at radius 2 is 1.83 bits per heavy atom. The van der Waals surface area contributed by atoms with Crippen molar-refractivity contribution in [2.24, 2.45) is 0 Å². The Hall–Kier alpha value is -4.00. The predicted octanol–water partition coefficient (Wildman–Crippen LogP) is 2.70. The van der Waals surface area contributed by atoms with Crippen molar-refractivity contribution in [3.8, 4) is 5.69 Å². The van der Waals surface area contributed by atoms with Crippen molar-refractivity contribution >= 4 is 23.3 Å². The summed E-state index contributed by atoms with van der Waals surface area (Å²) in [5, 5.41) is 13.3. The Labute approximate surface area is 197 Å². The van der Waals surface area contributed by atoms with Crippen LogP contribution in [0.4, 0.5) is 24.5 Å². The maximum Gasteiger partial charge on any atom is 0.416 e. The molecule has 1 aromatic heterocycles. The number of esters is 1. The summed E-state index contributed by atoms with van der Waals surface area (Å²) in [6.45, 7) is 3.08. The van der Waals surface area contributed by atoms with Crippen LogP contribution in [0.1, 0.15) is 22.8 Å². The fraction of sp³-hybridized carbons (Fsp3) is 0.318. The summed E-state index contributed by atoms with van der Waals surface area (Å²) in [7, 11) is 0. The number of nitrogens with one attached hydrogen (secondary N) is 1. The summed E-state index contributed by atoms with van der Waals surface area (Å²) in [5.74, 6) is -1.54. The van der Waals surface area contributed by atoms with Crippen LogP contribution in [-0.4, -0.2) is 64.5 Å². The van der Waals surface area contributed by atoms with Crippen molar-refractivity contribution in [2.45, 2.75) is 19.2 Å². The van der Waals surface area contributed by atoms with E-state index in [0.717, 1.165) is 12.1 Å². The zero-order valence-electron chi connectivity index (χ0n) is 18.5. The molecule has 13 heteroatoms. The number of halogens is 3. The standard InChI is InChI=1S/C22H21F3N6O4/c1-14(35-21(33)15-2-5-17(6-3-15)31-13-26-28-29-31)20(32)27-18-12-16(22(23,24)25)4-7-19(18)30-8-10-34-11-9-30/h2-7,12-14H,8-11H2,1H3,(H,27,32). The number of alkyl halides is 3. The van der Waals surface area contributed by atoms with Gasteiger partial charge in [0.1, 0.15) is 6.33 Å². The highest BCUT2D eigenvalue weighted by Crippen LogP contribution is 2.36. The molecule has 1 saturated heterocycles. The molecule has 10 nitrogen and oxygen atoms in total. The molecule has 1 fully saturated rings. The summed E-state index contributed by atoms with van der Waals surface area (Å²) in [6, 6.07) is 9.29. The molecule has 2 aromatic carbocycles. The van der Waals surface area contributed by atoms with E-state index in [-0.39, 0.29) is 11.3 Å². The molecular formula is C22H21F3N6O4. The van der Waals surface area contributed by atoms with E-state index in [1.54, 1.807) is 12.1 Å². The molecule has 0 radical (unpaired) electrons. The summed E-state index contributed by atoms with van der Waals surface area (Å²) < 4.78 is 51.8. The first-order valence-corrected chi connectivity index (χ1v) is 10.6. The number of carbonyl (C=O) groups is 2. The van der Waals surface area contributed by atoms with Crippen LogP contribution in [0.3, 0.4) is 0 Å². The minimum atomic E-state index is -4.59. The van der Waals surface area contributed by atoms with Gasteiger partial charge in [-0.1, -0.05) is 0 Å². The Bertz CT molecular complexity index is 1180. The van der Waals surface area contributed by atoms with Gasteiger partial charge >= 0.3 is 12.1 Å². The van der Waals surface area contributed by atoms with Gasteiger partial charge in [-0.15, -0.1) is 5.10 Å². The molecule has 1 aliphatic rings. The van der Waals surface area contributed by atoms with Gasteiger partial charge in [-0.2, -0.15) is 13.2 Å². The number of anilines is 2. The van der Waals surface area contributed by atoms with E-state index in [9.17, 15) is 22.8 Å². The largest absolute Gasteiger partial charge is 0.449 e. The maximum atomic E-state index is 13.3. The highest BCUT2D eigenvalue weighted by Gasteiger charge is 2.32. The number of amides is 1. The van der Waals surface area contributed by atoms with Crippen LogP contribution < -0.4 is 10.2 Å². The first-order chi connectivity index (χ1) is 16.7. The van der Waals surface area contributed by atoms with Crippen LogP contribution in [0.25, 0.3) is 5.69 Å². The second-order valence-corrected chi connectivity index (χ2v) is 7.67. The van der Waals surface area contributed by atoms with Crippen molar-refractivity contribution < 1.29 is 32.2 Å². The van der Waals surface area contributed by atoms with Crippen LogP contribution in [0.2, 0.25) is 0 Å². The van der Waals surface area contributed by atoms with E-state index in [0.29, 0.717) is 37.7 Å². The molecule has 0 saturated carbocycles. The highest BCUT2D eigenvalue weighted by atomic mass is 19.4. The lowest BCUT2D eigenvalue weighted by Crippen LogP contribution is -2.37. The van der Waals surface area contributed by atoms with Gasteiger partial charge in [0, 0.05) is 13.1 Å². The Morgan fingerprint density at radius 3 is 2.46 bits per heavy atom. The van der Waals surface area contributed by atoms with Crippen LogP contribution in [0.15, 0.2) is 48.8 Å². The smallest absolute Gasteiger partial charge is 0.416 e. The molecule has 35 heavy (non-hydrogen) atoms. The van der Waals surface area contributed by atoms with Gasteiger partial charge in [-0.05, 0) is 59.8 Å². The van der Waals surface area contributed by atoms with Crippen LogP contribution >= 0.6 is 0 Å². The fourth-order valence-electron chi connectivity index (χ4n) is 3.44. The van der Waals surface area contributed by atoms with Gasteiger partial charge in [-0.25, -0.2) is 9.48 Å². The monoisotopic (exact) mass is 490 g/mol. The first kappa shape index (κ1) is 24.1. The number of hydrogen-bond donors (Lipinski definition) is 1. The van der Waals surface area contributed by atoms with Crippen LogP contribution in [0, 0.1) is 0 Å². The number of benzene rings is 2. The van der Waals surface area contributed by atoms with Crippen LogP contribution in [-0.2, 0) is 20.4 Å². The van der Waals surface area contributed by atoms with Crippen molar-refractivity contribution in [1.82, 2.24) is 20.2 Å². The van der Waals surface area contributed by atoms with E-state index in [1.165, 1.54) is 36.1 Å². The Kier molecular flexibility index (Phi) is 6.96. The highest BCUT2D eigenvalue weighted by molar-refractivity contribution is 5.99. The molecule has 1 N–H and O–H groups in total. The molecule has 4 rings (SSSR count). The van der Waals surface area contributed by atoms with Gasteiger partial charge in [0.25, 0.3) is 5.91 Å². The number of morpholine rings is 1. The molecule has 1 amide bonds. The molecule has 3 aromatic rings. The number of carbonyl (C=O) groups excluding carboxylic acids is 2. The molecule has 0 bridgehead atoms. The lowest BCUT2D eigenvalue weighted by molar-refractivity contribution is -0.137. The Morgan fingerprint density at radius 1 is 1.11 bits per heavy atom. The number of ether oxygens (including phenoxy) is 2. The maximum absolute atomic E-state index is 13.3. The summed E-state index contributed by atoms with van der Waals surface area (Å²) in [4.78, 5) is 27.1. The third-order valence-electron chi connectivity index (χ3n) is 5.30. The van der Waals surface area contributed by atoms with Gasteiger partial charge in [0.05, 0.1) is 41.4 Å². The molecule has 1 unspecified atom stereocenters. The van der Waals surface area contributed by atoms with E-state index >= 15 is 0 Å². The molecule has 184 valence electrons. The van der Waals surface area contributed by atoms with Gasteiger partial charge in [-0.3, -0.25) is 4.79 Å². The summed E-state index contributed by atoms with van der Waals surface area (Å²) in [5.41, 5.74) is 0.274. The number of nitrogens with zero attached hydrogens (tertiary/aromatic N) is 5. The first-order valence-electron chi connectivity index (χ1n) is 10.6. The second-order valence-electron chi connectivity index (χ2n) is 7.67. The van der Waals surface area contributed by atoms with Gasteiger partial charge < -0.3 is 19.7 Å². The van der Waals surface area contributed by atoms with E-state index in [4.69, 9.17) is 9.47 Å². The number of tetrazole rings is 1. The molecule has 2 heterocycles. The molecule has 0 spiro atoms. The van der Waals surface area contributed by atoms with E-state index < -0.39 is 29.7 Å². The lowest BCUT2D eigenvalue weighted by Gasteiger charge is -2.31. The topological polar surface area (TPSA) is 111 Å². The molecule has 0 aliphatic carbocycles. The van der Waals surface area contributed by atoms with Crippen molar-refractivity contribution in [2.75, 3.05) is 36.5 Å². The van der Waals surface area contributed by atoms with Crippen LogP contribution in [0.5, 0.6) is 0 Å². The third kappa shape index (κ3) is 5.74. The van der Waals surface area contributed by atoms with Crippen molar-refractivity contribution in [1.29, 1.82) is 0 Å². The minimum Gasteiger partial charge on any atom is -0.449 e.